The molecule has 2 aromatic carbocycles. The lowest BCUT2D eigenvalue weighted by atomic mass is 10.3. The van der Waals surface area contributed by atoms with Crippen LogP contribution in [0.1, 0.15) is 9.67 Å². The first-order valence-electron chi connectivity index (χ1n) is 9.68. The normalized spacial score (nSPS) is 10.9. The zero-order chi connectivity index (χ0) is 22.8. The summed E-state index contributed by atoms with van der Waals surface area (Å²) in [5.74, 6) is -0.210. The van der Waals surface area contributed by atoms with E-state index in [0.717, 1.165) is 21.9 Å². The van der Waals surface area contributed by atoms with Crippen molar-refractivity contribution < 1.29 is 9.72 Å². The number of aromatic nitrogens is 4. The summed E-state index contributed by atoms with van der Waals surface area (Å²) in [7, 11) is 0. The van der Waals surface area contributed by atoms with Crippen molar-refractivity contribution in [3.63, 3.8) is 0 Å². The van der Waals surface area contributed by atoms with Crippen LogP contribution in [0.15, 0.2) is 89.0 Å². The monoisotopic (exact) mass is 474 g/mol. The molecule has 0 radical (unpaired) electrons. The predicted molar refractivity (Wildman–Crippen MR) is 126 cm³/mol. The number of hydrogen-bond acceptors (Lipinski definition) is 8. The van der Waals surface area contributed by atoms with Crippen LogP contribution in [0.5, 0.6) is 0 Å². The Kier molecular flexibility index (Phi) is 5.55. The maximum Gasteiger partial charge on any atom is 0.324 e. The third-order valence-corrected chi connectivity index (χ3v) is 6.50. The van der Waals surface area contributed by atoms with Crippen molar-refractivity contribution in [3.8, 4) is 5.69 Å². The van der Waals surface area contributed by atoms with Crippen molar-refractivity contribution in [1.82, 2.24) is 19.7 Å². The van der Waals surface area contributed by atoms with Gasteiger partial charge in [-0.15, -0.1) is 0 Å². The van der Waals surface area contributed by atoms with E-state index in [-0.39, 0.29) is 15.7 Å². The molecule has 3 aromatic heterocycles. The number of nitrogens with zero attached hydrogens (tertiary/aromatic N) is 5. The van der Waals surface area contributed by atoms with E-state index in [2.05, 4.69) is 20.4 Å². The van der Waals surface area contributed by atoms with Gasteiger partial charge in [0.25, 0.3) is 5.91 Å². The highest BCUT2D eigenvalue weighted by atomic mass is 32.2. The van der Waals surface area contributed by atoms with Crippen LogP contribution in [-0.4, -0.2) is 30.6 Å². The quantitative estimate of drug-likeness (QED) is 0.204. The van der Waals surface area contributed by atoms with Gasteiger partial charge in [0.15, 0.2) is 10.8 Å². The summed E-state index contributed by atoms with van der Waals surface area (Å²) >= 11 is 2.16. The summed E-state index contributed by atoms with van der Waals surface area (Å²) in [6.07, 6.45) is 1.59. The number of carbonyl (C=O) groups is 1. The second-order valence-corrected chi connectivity index (χ2v) is 8.85. The zero-order valence-corrected chi connectivity index (χ0v) is 18.4. The second-order valence-electron chi connectivity index (χ2n) is 6.75. The number of benzene rings is 2. The van der Waals surface area contributed by atoms with E-state index in [9.17, 15) is 14.9 Å². The van der Waals surface area contributed by atoms with Crippen molar-refractivity contribution in [3.05, 3.63) is 94.0 Å². The summed E-state index contributed by atoms with van der Waals surface area (Å²) in [6.45, 7) is 0. The molecule has 11 heteroatoms. The van der Waals surface area contributed by atoms with Crippen molar-refractivity contribution in [1.29, 1.82) is 0 Å². The topological polar surface area (TPSA) is 116 Å². The molecule has 0 saturated heterocycles. The molecule has 9 nitrogen and oxygen atoms in total. The van der Waals surface area contributed by atoms with Gasteiger partial charge in [0.1, 0.15) is 5.82 Å². The highest BCUT2D eigenvalue weighted by Gasteiger charge is 2.20. The van der Waals surface area contributed by atoms with Crippen LogP contribution >= 0.6 is 23.1 Å². The van der Waals surface area contributed by atoms with Gasteiger partial charge in [-0.25, -0.2) is 14.6 Å². The molecule has 0 unspecified atom stereocenters. The summed E-state index contributed by atoms with van der Waals surface area (Å²) in [4.78, 5) is 33.7. The van der Waals surface area contributed by atoms with E-state index in [4.69, 9.17) is 0 Å². The minimum Gasteiger partial charge on any atom is -0.305 e. The molecule has 0 atom stereocenters. The lowest BCUT2D eigenvalue weighted by molar-refractivity contribution is -0.380. The largest absolute Gasteiger partial charge is 0.324 e. The van der Waals surface area contributed by atoms with Gasteiger partial charge in [0.2, 0.25) is 0 Å². The number of thiophene rings is 1. The molecule has 0 aliphatic rings. The average molecular weight is 475 g/mol. The molecule has 0 saturated carbocycles. The molecular weight excluding hydrogens is 460 g/mol. The minimum absolute atomic E-state index is 0.106. The minimum atomic E-state index is -0.525. The van der Waals surface area contributed by atoms with Crippen LogP contribution in [0.25, 0.3) is 16.7 Å². The van der Waals surface area contributed by atoms with Crippen molar-refractivity contribution in [2.45, 2.75) is 10.1 Å². The van der Waals surface area contributed by atoms with E-state index in [1.165, 1.54) is 23.9 Å². The van der Waals surface area contributed by atoms with Crippen molar-refractivity contribution in [2.24, 2.45) is 0 Å². The van der Waals surface area contributed by atoms with Crippen molar-refractivity contribution >= 4 is 50.9 Å². The molecular formula is C22H14N6O3S2. The molecule has 5 rings (SSSR count). The Morgan fingerprint density at radius 2 is 1.73 bits per heavy atom. The molecule has 0 aliphatic carbocycles. The fraction of sp³-hybridized carbons (Fsp3) is 0. The highest BCUT2D eigenvalue weighted by molar-refractivity contribution is 7.99. The van der Waals surface area contributed by atoms with Gasteiger partial charge >= 0.3 is 5.00 Å². The number of amides is 1. The lowest BCUT2D eigenvalue weighted by Crippen LogP contribution is -2.12. The van der Waals surface area contributed by atoms with Crippen LogP contribution in [0.3, 0.4) is 0 Å². The molecule has 1 N–H and O–H groups in total. The van der Waals surface area contributed by atoms with E-state index in [0.29, 0.717) is 16.2 Å². The maximum atomic E-state index is 12.8. The fourth-order valence-electron chi connectivity index (χ4n) is 3.10. The Hall–Kier alpha value is -4.09. The van der Waals surface area contributed by atoms with Crippen LogP contribution in [-0.2, 0) is 0 Å². The lowest BCUT2D eigenvalue weighted by Gasteiger charge is -2.08. The van der Waals surface area contributed by atoms with Crippen LogP contribution in [0.2, 0.25) is 0 Å². The summed E-state index contributed by atoms with van der Waals surface area (Å²) < 4.78 is 1.68. The van der Waals surface area contributed by atoms with Crippen LogP contribution in [0.4, 0.5) is 10.8 Å². The molecule has 0 bridgehead atoms. The molecule has 0 fully saturated rings. The number of para-hydroxylation sites is 1. The van der Waals surface area contributed by atoms with Gasteiger partial charge in [-0.2, -0.15) is 5.10 Å². The van der Waals surface area contributed by atoms with E-state index >= 15 is 0 Å². The number of nitro groups is 1. The van der Waals surface area contributed by atoms with Crippen LogP contribution < -0.4 is 5.32 Å². The van der Waals surface area contributed by atoms with Crippen molar-refractivity contribution in [2.75, 3.05) is 5.32 Å². The first kappa shape index (κ1) is 20.8. The first-order valence-corrected chi connectivity index (χ1v) is 11.3. The summed E-state index contributed by atoms with van der Waals surface area (Å²) in [6, 6.07) is 21.9. The first-order chi connectivity index (χ1) is 16.1. The molecule has 5 aromatic rings. The second kappa shape index (κ2) is 8.81. The fourth-order valence-corrected chi connectivity index (χ4v) is 4.59. The number of hydrogen-bond donors (Lipinski definition) is 1. The number of nitrogens with one attached hydrogen (secondary N) is 1. The molecule has 0 spiro atoms. The van der Waals surface area contributed by atoms with E-state index in [1.807, 2.05) is 60.7 Å². The van der Waals surface area contributed by atoms with Gasteiger partial charge in [-0.3, -0.25) is 14.9 Å². The summed E-state index contributed by atoms with van der Waals surface area (Å²) in [5.41, 5.74) is 1.34. The molecule has 3 heterocycles. The molecule has 1 amide bonds. The Bertz CT molecular complexity index is 1470. The zero-order valence-electron chi connectivity index (χ0n) is 16.8. The Labute approximate surface area is 195 Å². The third kappa shape index (κ3) is 4.31. The number of rotatable bonds is 6. The highest BCUT2D eigenvalue weighted by Crippen LogP contribution is 2.31. The Morgan fingerprint density at radius 1 is 1.00 bits per heavy atom. The van der Waals surface area contributed by atoms with Gasteiger partial charge in [0, 0.05) is 11.0 Å². The molecule has 33 heavy (non-hydrogen) atoms. The molecule has 162 valence electrons. The molecule has 0 aliphatic heterocycles. The number of anilines is 1. The van der Waals surface area contributed by atoms with Gasteiger partial charge in [-0.05, 0) is 42.1 Å². The van der Waals surface area contributed by atoms with E-state index < -0.39 is 10.8 Å². The maximum absolute atomic E-state index is 12.8. The van der Waals surface area contributed by atoms with E-state index in [1.54, 1.807) is 10.9 Å². The predicted octanol–water partition coefficient (Wildman–Crippen LogP) is 5.19. The average Bonchev–Trinajstić information content (AvgIpc) is 3.48. The standard InChI is InChI=1S/C22H14N6O3S2/c29-21(17-11-12-18(33-17)28(30)31)24-19-16-13-23-27(14-7-3-1-4-8-14)20(16)26-22(25-19)32-15-9-5-2-6-10-15/h1-13H,(H,24,25,26,29). The van der Waals surface area contributed by atoms with Crippen LogP contribution in [0, 0.1) is 10.1 Å². The Balaban J connectivity index is 1.57. The number of carbonyl (C=O) groups excluding carboxylic acids is 1. The SMILES string of the molecule is O=C(Nc1nc(Sc2ccccc2)nc2c1cnn2-c1ccccc1)c1ccc([N+](=O)[O-])s1. The number of fused-ring (bicyclic) bond motifs is 1. The smallest absolute Gasteiger partial charge is 0.305 e. The van der Waals surface area contributed by atoms with Gasteiger partial charge < -0.3 is 5.32 Å². The third-order valence-electron chi connectivity index (χ3n) is 4.59. The Morgan fingerprint density at radius 3 is 2.42 bits per heavy atom. The van der Waals surface area contributed by atoms with Gasteiger partial charge in [0.05, 0.1) is 27.1 Å². The van der Waals surface area contributed by atoms with Gasteiger partial charge in [-0.1, -0.05) is 47.7 Å². The summed E-state index contributed by atoms with van der Waals surface area (Å²) in [5, 5.41) is 19.1.